The quantitative estimate of drug-likeness (QED) is 0.524. The summed E-state index contributed by atoms with van der Waals surface area (Å²) in [5.41, 5.74) is 2.92. The van der Waals surface area contributed by atoms with Crippen LogP contribution in [-0.2, 0) is 20.9 Å². The van der Waals surface area contributed by atoms with Crippen molar-refractivity contribution in [3.63, 3.8) is 0 Å². The molecular formula is C25H23N3O4. The molecule has 0 saturated carbocycles. The van der Waals surface area contributed by atoms with Crippen molar-refractivity contribution in [1.29, 1.82) is 0 Å². The van der Waals surface area contributed by atoms with Crippen LogP contribution in [0.2, 0.25) is 0 Å². The topological polar surface area (TPSA) is 98.7 Å². The van der Waals surface area contributed by atoms with Gasteiger partial charge >= 0.3 is 11.8 Å². The normalized spacial score (nSPS) is 15.7. The number of benzene rings is 3. The summed E-state index contributed by atoms with van der Waals surface area (Å²) in [5.74, 6) is -2.15. The zero-order valence-corrected chi connectivity index (χ0v) is 17.3. The summed E-state index contributed by atoms with van der Waals surface area (Å²) in [7, 11) is 0. The third kappa shape index (κ3) is 4.53. The molecule has 4 rings (SSSR count). The van der Waals surface area contributed by atoms with E-state index < -0.39 is 24.0 Å². The molecule has 0 bridgehead atoms. The zero-order valence-electron chi connectivity index (χ0n) is 17.3. The standard InChI is InChI=1S/C25H23N3O4/c29-21(18-11-5-2-6-12-18)15-26-23(30)24(31)27-22-19-13-7-8-14-20(19)28(25(22)32)16-17-9-3-1-4-10-17/h1-14,21-22,29H,15-16H2,(H,26,30)(H,27,31)/t21-,22-/m0/s1. The van der Waals surface area contributed by atoms with Crippen LogP contribution in [0.1, 0.15) is 28.8 Å². The molecule has 3 amide bonds. The number of aliphatic hydroxyl groups is 1. The number of nitrogens with zero attached hydrogens (tertiary/aromatic N) is 1. The monoisotopic (exact) mass is 429 g/mol. The van der Waals surface area contributed by atoms with Crippen LogP contribution in [-0.4, -0.2) is 29.4 Å². The molecule has 0 aromatic heterocycles. The first-order valence-corrected chi connectivity index (χ1v) is 10.3. The van der Waals surface area contributed by atoms with Gasteiger partial charge in [0.25, 0.3) is 5.91 Å². The molecule has 0 fully saturated rings. The highest BCUT2D eigenvalue weighted by Crippen LogP contribution is 2.36. The number of amides is 3. The van der Waals surface area contributed by atoms with Crippen LogP contribution < -0.4 is 15.5 Å². The smallest absolute Gasteiger partial charge is 0.310 e. The van der Waals surface area contributed by atoms with Gasteiger partial charge in [-0.1, -0.05) is 78.9 Å². The maximum absolute atomic E-state index is 13.1. The van der Waals surface area contributed by atoms with Gasteiger partial charge < -0.3 is 20.6 Å². The van der Waals surface area contributed by atoms with Crippen molar-refractivity contribution >= 4 is 23.4 Å². The highest BCUT2D eigenvalue weighted by molar-refractivity contribution is 6.35. The van der Waals surface area contributed by atoms with E-state index in [0.29, 0.717) is 23.4 Å². The van der Waals surface area contributed by atoms with Gasteiger partial charge in [-0.2, -0.15) is 0 Å². The van der Waals surface area contributed by atoms with E-state index >= 15 is 0 Å². The number of aliphatic hydroxyl groups excluding tert-OH is 1. The summed E-state index contributed by atoms with van der Waals surface area (Å²) < 4.78 is 0. The second kappa shape index (κ2) is 9.45. The highest BCUT2D eigenvalue weighted by atomic mass is 16.3. The van der Waals surface area contributed by atoms with E-state index in [1.807, 2.05) is 48.5 Å². The van der Waals surface area contributed by atoms with Crippen LogP contribution in [0.15, 0.2) is 84.9 Å². The number of carbonyl (C=O) groups is 3. The summed E-state index contributed by atoms with van der Waals surface area (Å²) in [6.07, 6.45) is -0.942. The lowest BCUT2D eigenvalue weighted by Gasteiger charge is -2.18. The van der Waals surface area contributed by atoms with E-state index in [1.54, 1.807) is 41.3 Å². The maximum atomic E-state index is 13.1. The Morgan fingerprint density at radius 2 is 1.50 bits per heavy atom. The molecule has 0 unspecified atom stereocenters. The molecule has 0 aliphatic carbocycles. The van der Waals surface area contributed by atoms with Crippen molar-refractivity contribution in [3.8, 4) is 0 Å². The van der Waals surface area contributed by atoms with Gasteiger partial charge in [-0.05, 0) is 17.2 Å². The Morgan fingerprint density at radius 1 is 0.875 bits per heavy atom. The Balaban J connectivity index is 1.42. The van der Waals surface area contributed by atoms with Crippen molar-refractivity contribution in [2.45, 2.75) is 18.7 Å². The summed E-state index contributed by atoms with van der Waals surface area (Å²) in [6, 6.07) is 24.6. The van der Waals surface area contributed by atoms with Crippen LogP contribution in [0.4, 0.5) is 5.69 Å². The van der Waals surface area contributed by atoms with E-state index in [-0.39, 0.29) is 12.5 Å². The number of carbonyl (C=O) groups excluding carboxylic acids is 3. The second-order valence-electron chi connectivity index (χ2n) is 7.51. The van der Waals surface area contributed by atoms with Crippen molar-refractivity contribution < 1.29 is 19.5 Å². The average molecular weight is 429 g/mol. The summed E-state index contributed by atoms with van der Waals surface area (Å²) in [5, 5.41) is 15.1. The summed E-state index contributed by atoms with van der Waals surface area (Å²) in [4.78, 5) is 39.5. The van der Waals surface area contributed by atoms with Crippen molar-refractivity contribution in [1.82, 2.24) is 10.6 Å². The van der Waals surface area contributed by atoms with Crippen LogP contribution in [0, 0.1) is 0 Å². The molecule has 1 heterocycles. The predicted molar refractivity (Wildman–Crippen MR) is 119 cm³/mol. The minimum absolute atomic E-state index is 0.119. The Morgan fingerprint density at radius 3 is 2.22 bits per heavy atom. The van der Waals surface area contributed by atoms with Gasteiger partial charge in [0.1, 0.15) is 6.04 Å². The molecule has 162 valence electrons. The van der Waals surface area contributed by atoms with Crippen LogP contribution in [0.5, 0.6) is 0 Å². The average Bonchev–Trinajstić information content (AvgIpc) is 3.09. The van der Waals surface area contributed by atoms with E-state index in [9.17, 15) is 19.5 Å². The number of para-hydroxylation sites is 1. The molecule has 2 atom stereocenters. The number of nitrogens with one attached hydrogen (secondary N) is 2. The van der Waals surface area contributed by atoms with Crippen molar-refractivity contribution in [2.75, 3.05) is 11.4 Å². The van der Waals surface area contributed by atoms with E-state index in [0.717, 1.165) is 5.56 Å². The van der Waals surface area contributed by atoms with Gasteiger partial charge in [-0.15, -0.1) is 0 Å². The van der Waals surface area contributed by atoms with Gasteiger partial charge in [0.15, 0.2) is 0 Å². The van der Waals surface area contributed by atoms with Gasteiger partial charge in [0.05, 0.1) is 12.6 Å². The fourth-order valence-corrected chi connectivity index (χ4v) is 3.71. The first-order valence-electron chi connectivity index (χ1n) is 10.3. The third-order valence-electron chi connectivity index (χ3n) is 5.36. The van der Waals surface area contributed by atoms with Crippen LogP contribution in [0.3, 0.4) is 0 Å². The minimum Gasteiger partial charge on any atom is -0.387 e. The lowest BCUT2D eigenvalue weighted by atomic mass is 10.1. The largest absolute Gasteiger partial charge is 0.387 e. The molecule has 0 radical (unpaired) electrons. The SMILES string of the molecule is O=C(NC[C@H](O)c1ccccc1)C(=O)N[C@@H]1C(=O)N(Cc2ccccc2)c2ccccc21. The first kappa shape index (κ1) is 21.3. The molecular weight excluding hydrogens is 406 g/mol. The van der Waals surface area contributed by atoms with E-state index in [2.05, 4.69) is 10.6 Å². The molecule has 0 saturated heterocycles. The number of hydrogen-bond acceptors (Lipinski definition) is 4. The minimum atomic E-state index is -0.952. The Labute approximate surface area is 185 Å². The molecule has 3 aromatic rings. The summed E-state index contributed by atoms with van der Waals surface area (Å²) >= 11 is 0. The van der Waals surface area contributed by atoms with Crippen molar-refractivity contribution in [2.24, 2.45) is 0 Å². The van der Waals surface area contributed by atoms with Gasteiger partial charge in [-0.3, -0.25) is 14.4 Å². The molecule has 1 aliphatic heterocycles. The number of fused-ring (bicyclic) bond motifs is 1. The summed E-state index contributed by atoms with van der Waals surface area (Å²) in [6.45, 7) is 0.240. The number of rotatable bonds is 6. The second-order valence-corrected chi connectivity index (χ2v) is 7.51. The van der Waals surface area contributed by atoms with Gasteiger partial charge in [0, 0.05) is 17.8 Å². The maximum Gasteiger partial charge on any atom is 0.310 e. The molecule has 7 nitrogen and oxygen atoms in total. The van der Waals surface area contributed by atoms with E-state index in [4.69, 9.17) is 0 Å². The van der Waals surface area contributed by atoms with Crippen LogP contribution >= 0.6 is 0 Å². The third-order valence-corrected chi connectivity index (χ3v) is 5.36. The van der Waals surface area contributed by atoms with E-state index in [1.165, 1.54) is 0 Å². The van der Waals surface area contributed by atoms with Crippen molar-refractivity contribution in [3.05, 3.63) is 102 Å². The Bertz CT molecular complexity index is 1120. The first-order chi connectivity index (χ1) is 15.5. The number of anilines is 1. The fourth-order valence-electron chi connectivity index (χ4n) is 3.71. The Kier molecular flexibility index (Phi) is 6.28. The Hall–Kier alpha value is -3.97. The highest BCUT2D eigenvalue weighted by Gasteiger charge is 2.38. The lowest BCUT2D eigenvalue weighted by Crippen LogP contribution is -2.45. The molecule has 3 N–H and O–H groups in total. The van der Waals surface area contributed by atoms with Gasteiger partial charge in [0.2, 0.25) is 0 Å². The number of hydrogen-bond donors (Lipinski definition) is 3. The molecule has 3 aromatic carbocycles. The fraction of sp³-hybridized carbons (Fsp3) is 0.160. The molecule has 0 spiro atoms. The van der Waals surface area contributed by atoms with Gasteiger partial charge in [-0.25, -0.2) is 0 Å². The van der Waals surface area contributed by atoms with Crippen LogP contribution in [0.25, 0.3) is 0 Å². The lowest BCUT2D eigenvalue weighted by molar-refractivity contribution is -0.140. The molecule has 32 heavy (non-hydrogen) atoms. The zero-order chi connectivity index (χ0) is 22.5. The molecule has 7 heteroatoms. The molecule has 1 aliphatic rings. The predicted octanol–water partition coefficient (Wildman–Crippen LogP) is 2.24.